The van der Waals surface area contributed by atoms with Gasteiger partial charge in [-0.2, -0.15) is 21.9 Å². The fraction of sp³-hybridized carbons (Fsp3) is 0.0625. The van der Waals surface area contributed by atoms with Gasteiger partial charge in [0, 0.05) is 22.4 Å². The second-order valence-electron chi connectivity index (χ2n) is 6.07. The molecule has 0 saturated carbocycles. The largest absolute Gasteiger partial charge is 1.00 e. The van der Waals surface area contributed by atoms with Crippen molar-refractivity contribution in [1.82, 2.24) is 9.78 Å². The van der Waals surface area contributed by atoms with E-state index in [4.69, 9.17) is 20.7 Å². The van der Waals surface area contributed by atoms with Crippen LogP contribution in [-0.4, -0.2) is 40.8 Å². The fourth-order valence-electron chi connectivity index (χ4n) is 2.50. The number of benzene rings is 2. The van der Waals surface area contributed by atoms with E-state index >= 15 is 0 Å². The van der Waals surface area contributed by atoms with E-state index in [1.54, 1.807) is 0 Å². The Hall–Kier alpha value is -2.51. The molecule has 1 heterocycles. The molecule has 3 aromatic rings. The van der Waals surface area contributed by atoms with Gasteiger partial charge in [0.2, 0.25) is 0 Å². The average Bonchev–Trinajstić information content (AvgIpc) is 2.94. The molecular formula is C16H13ClCrN4O8S2. The van der Waals surface area contributed by atoms with Crippen molar-refractivity contribution in [1.29, 1.82) is 0 Å². The first-order valence-corrected chi connectivity index (χ1v) is 11.3. The Morgan fingerprint density at radius 2 is 1.78 bits per heavy atom. The quantitative estimate of drug-likeness (QED) is 0.248. The number of rotatable bonds is 5. The van der Waals surface area contributed by atoms with Gasteiger partial charge in [0.1, 0.15) is 16.1 Å². The Morgan fingerprint density at radius 3 is 2.38 bits per heavy atom. The number of aromatic hydroxyl groups is 1. The molecule has 0 amide bonds. The van der Waals surface area contributed by atoms with Crippen LogP contribution in [0.1, 0.15) is 7.12 Å². The van der Waals surface area contributed by atoms with E-state index in [1.807, 2.05) is 0 Å². The number of hydrogen-bond donors (Lipinski definition) is 3. The van der Waals surface area contributed by atoms with Gasteiger partial charge in [0.25, 0.3) is 20.2 Å². The predicted octanol–water partition coefficient (Wildman–Crippen LogP) is 2.64. The summed E-state index contributed by atoms with van der Waals surface area (Å²) in [6.07, 6.45) is 0. The van der Waals surface area contributed by atoms with Gasteiger partial charge in [-0.25, -0.2) is 9.78 Å². The number of azo groups is 1. The molecule has 16 heteroatoms. The molecule has 0 saturated heterocycles. The zero-order valence-corrected chi connectivity index (χ0v) is 19.4. The molecule has 12 nitrogen and oxygen atoms in total. The van der Waals surface area contributed by atoms with E-state index in [-0.39, 0.29) is 40.9 Å². The molecule has 3 N–H and O–H groups in total. The third-order valence-corrected chi connectivity index (χ3v) is 5.84. The van der Waals surface area contributed by atoms with Crippen LogP contribution in [0, 0.1) is 6.92 Å². The smallest absolute Gasteiger partial charge is 0.504 e. The van der Waals surface area contributed by atoms with E-state index in [1.165, 1.54) is 19.1 Å². The van der Waals surface area contributed by atoms with Crippen molar-refractivity contribution in [2.45, 2.75) is 16.7 Å². The zero-order valence-electron chi connectivity index (χ0n) is 16.7. The number of aryl methyl sites for hydroxylation is 1. The molecule has 0 unspecified atom stereocenters. The monoisotopic (exact) mass is 540 g/mol. The first kappa shape index (κ1) is 25.8. The van der Waals surface area contributed by atoms with Crippen molar-refractivity contribution in [2.75, 3.05) is 0 Å². The van der Waals surface area contributed by atoms with Crippen molar-refractivity contribution >= 4 is 43.2 Å². The van der Waals surface area contributed by atoms with Crippen LogP contribution in [0.15, 0.2) is 61.2 Å². The Morgan fingerprint density at radius 1 is 1.12 bits per heavy atom. The number of nitrogens with zero attached hydrogens (tertiary/aromatic N) is 4. The summed E-state index contributed by atoms with van der Waals surface area (Å²) < 4.78 is 64.4. The van der Waals surface area contributed by atoms with Crippen LogP contribution >= 0.6 is 11.6 Å². The van der Waals surface area contributed by atoms with Gasteiger partial charge < -0.3 is 15.0 Å². The summed E-state index contributed by atoms with van der Waals surface area (Å²) in [6, 6.07) is 6.65. The van der Waals surface area contributed by atoms with Crippen molar-refractivity contribution in [3.63, 3.8) is 0 Å². The van der Waals surface area contributed by atoms with Crippen LogP contribution in [0.5, 0.6) is 5.75 Å². The van der Waals surface area contributed by atoms with E-state index in [9.17, 15) is 26.7 Å². The van der Waals surface area contributed by atoms with Crippen molar-refractivity contribution in [3.05, 3.63) is 57.5 Å². The van der Waals surface area contributed by atoms with E-state index in [2.05, 4.69) is 15.3 Å². The second-order valence-corrected chi connectivity index (χ2v) is 9.32. The van der Waals surface area contributed by atoms with E-state index in [0.29, 0.717) is 0 Å². The molecule has 32 heavy (non-hydrogen) atoms. The van der Waals surface area contributed by atoms with Crippen LogP contribution in [0.3, 0.4) is 0 Å². The number of phenols is 1. The maximum atomic E-state index is 12.7. The molecule has 0 bridgehead atoms. The van der Waals surface area contributed by atoms with Gasteiger partial charge in [-0.15, -0.1) is 5.69 Å². The molecule has 1 aromatic heterocycles. The molecule has 0 spiro atoms. The topological polar surface area (TPSA) is 189 Å². The Balaban J connectivity index is 0.00000272. The van der Waals surface area contributed by atoms with Crippen LogP contribution in [0.4, 0.5) is 11.4 Å². The predicted molar refractivity (Wildman–Crippen MR) is 108 cm³/mol. The van der Waals surface area contributed by atoms with E-state index in [0.717, 1.165) is 28.9 Å². The van der Waals surface area contributed by atoms with Gasteiger partial charge in [0.05, 0.1) is 10.6 Å². The number of phenolic OH excluding ortho intramolecular Hbond substituents is 1. The standard InChI is InChI=1S/C16H12ClN4O8S2.Cr/c1-8-14(19-18-12-5-9(17)6-13(15(12)22)31(27,28)29)16(23)21(20-8)10-3-2-4-11(7-10)30(24,25)26;/h2-7,22H,1H3,(H,24,25,26)(H,27,28,29);/q-1;/p+1. The van der Waals surface area contributed by atoms with Crippen molar-refractivity contribution < 1.29 is 49.8 Å². The maximum absolute atomic E-state index is 12.7. The normalized spacial score (nSPS) is 12.1. The fourth-order valence-corrected chi connectivity index (χ4v) is 3.92. The SMILES string of the molecule is Cc1nn(-c2cccc(S(=O)(=O)O)c2)c(=O)[c-]1N=Nc1cc(Cl)cc(S(=O)(=O)O)c1O.[Cr].[H+]. The second kappa shape index (κ2) is 9.16. The van der Waals surface area contributed by atoms with Gasteiger partial charge in [0.15, 0.2) is 5.75 Å². The molecule has 0 aliphatic carbocycles. The Labute approximate surface area is 198 Å². The first-order valence-electron chi connectivity index (χ1n) is 8.05. The van der Waals surface area contributed by atoms with Crippen molar-refractivity contribution in [3.8, 4) is 11.4 Å². The molecule has 0 atom stereocenters. The first-order chi connectivity index (χ1) is 14.3. The minimum Gasteiger partial charge on any atom is -0.504 e. The minimum absolute atomic E-state index is 0. The molecule has 0 aliphatic heterocycles. The van der Waals surface area contributed by atoms with Gasteiger partial charge in [-0.1, -0.05) is 30.3 Å². The van der Waals surface area contributed by atoms with E-state index < -0.39 is 47.0 Å². The van der Waals surface area contributed by atoms with Gasteiger partial charge in [-0.3, -0.25) is 9.11 Å². The third kappa shape index (κ3) is 5.27. The van der Waals surface area contributed by atoms with Crippen LogP contribution in [-0.2, 0) is 37.6 Å². The van der Waals surface area contributed by atoms with Crippen LogP contribution < -0.4 is 5.56 Å². The molecule has 0 aliphatic rings. The summed E-state index contributed by atoms with van der Waals surface area (Å²) in [5, 5.41) is 21.1. The molecule has 0 fully saturated rings. The van der Waals surface area contributed by atoms with Crippen LogP contribution in [0.2, 0.25) is 5.02 Å². The molecule has 0 radical (unpaired) electrons. The van der Waals surface area contributed by atoms with Crippen LogP contribution in [0.25, 0.3) is 5.69 Å². The molecular weight excluding hydrogens is 528 g/mol. The third-order valence-electron chi connectivity index (χ3n) is 3.90. The summed E-state index contributed by atoms with van der Waals surface area (Å²) in [4.78, 5) is 11.3. The molecule has 170 valence electrons. The zero-order chi connectivity index (χ0) is 23.1. The van der Waals surface area contributed by atoms with Gasteiger partial charge >= 0.3 is 1.43 Å². The average molecular weight is 541 g/mol. The summed E-state index contributed by atoms with van der Waals surface area (Å²) in [5.74, 6) is -0.936. The minimum atomic E-state index is -4.81. The summed E-state index contributed by atoms with van der Waals surface area (Å²) in [6.45, 7) is 1.40. The summed E-state index contributed by atoms with van der Waals surface area (Å²) >= 11 is 5.77. The number of aromatic nitrogens is 2. The number of halogens is 1. The maximum Gasteiger partial charge on any atom is 1.00 e. The molecule has 2 aromatic carbocycles. The number of hydrogen-bond acceptors (Lipinski definition) is 9. The van der Waals surface area contributed by atoms with Crippen molar-refractivity contribution in [2.24, 2.45) is 10.2 Å². The Bertz CT molecular complexity index is 1500. The van der Waals surface area contributed by atoms with Gasteiger partial charge in [-0.05, 0) is 30.3 Å². The molecule has 3 rings (SSSR count). The summed E-state index contributed by atoms with van der Waals surface area (Å²) in [5.41, 5.74) is -1.47. The summed E-state index contributed by atoms with van der Waals surface area (Å²) in [7, 11) is -9.33. The Kier molecular flexibility index (Phi) is 7.37.